The average molecular weight is 244 g/mol. The van der Waals surface area contributed by atoms with Gasteiger partial charge in [-0.05, 0) is 32.4 Å². The molecule has 2 N–H and O–H groups in total. The second-order valence-corrected chi connectivity index (χ2v) is 6.00. The number of hydrogen-bond acceptors (Lipinski definition) is 3. The Morgan fingerprint density at radius 1 is 1.50 bits per heavy atom. The Bertz CT molecular complexity index is 224. The number of rotatable bonds is 7. The molecule has 1 fully saturated rings. The summed E-state index contributed by atoms with van der Waals surface area (Å²) in [4.78, 5) is 11.5. The van der Waals surface area contributed by atoms with E-state index in [1.807, 2.05) is 18.7 Å². The molecule has 0 heterocycles. The molecule has 94 valence electrons. The molecule has 0 spiro atoms. The highest BCUT2D eigenvalue weighted by atomic mass is 32.2. The lowest BCUT2D eigenvalue weighted by Crippen LogP contribution is -2.47. The number of hydrogen-bond donors (Lipinski definition) is 2. The largest absolute Gasteiger partial charge is 0.353 e. The average Bonchev–Trinajstić information content (AvgIpc) is 2.22. The fraction of sp³-hybridized carbons (Fsp3) is 0.917. The highest BCUT2D eigenvalue weighted by Gasteiger charge is 2.35. The minimum Gasteiger partial charge on any atom is -0.353 e. The molecule has 1 aliphatic rings. The molecule has 0 saturated heterocycles. The normalized spacial score (nSPS) is 19.9. The topological polar surface area (TPSA) is 41.1 Å². The Balaban J connectivity index is 2.12. The summed E-state index contributed by atoms with van der Waals surface area (Å²) in [5.41, 5.74) is 0. The van der Waals surface area contributed by atoms with Crippen molar-refractivity contribution < 1.29 is 4.79 Å². The van der Waals surface area contributed by atoms with E-state index >= 15 is 0 Å². The van der Waals surface area contributed by atoms with Gasteiger partial charge in [0.05, 0.1) is 6.54 Å². The van der Waals surface area contributed by atoms with Crippen molar-refractivity contribution in [2.75, 3.05) is 19.3 Å². The van der Waals surface area contributed by atoms with E-state index in [1.54, 1.807) is 0 Å². The van der Waals surface area contributed by atoms with Crippen LogP contribution in [0.2, 0.25) is 0 Å². The third kappa shape index (κ3) is 3.98. The highest BCUT2D eigenvalue weighted by molar-refractivity contribution is 8.00. The molecule has 0 aliphatic heterocycles. The fourth-order valence-corrected chi connectivity index (χ4v) is 2.80. The maximum Gasteiger partial charge on any atom is 0.234 e. The minimum atomic E-state index is 0.116. The van der Waals surface area contributed by atoms with Crippen LogP contribution in [0.5, 0.6) is 0 Å². The Labute approximate surface area is 103 Å². The van der Waals surface area contributed by atoms with E-state index in [0.29, 0.717) is 11.3 Å². The Morgan fingerprint density at radius 3 is 2.62 bits per heavy atom. The van der Waals surface area contributed by atoms with Crippen molar-refractivity contribution in [3.05, 3.63) is 0 Å². The van der Waals surface area contributed by atoms with Crippen LogP contribution in [0.4, 0.5) is 0 Å². The zero-order valence-corrected chi connectivity index (χ0v) is 11.5. The van der Waals surface area contributed by atoms with Crippen LogP contribution in [0, 0.1) is 0 Å². The van der Waals surface area contributed by atoms with E-state index in [1.165, 1.54) is 19.3 Å². The standard InChI is InChI=1S/C12H24N2OS/c1-4-10(2)14-11(15)8-13-9-12(16-3)6-5-7-12/h10,13H,4-9H2,1-3H3,(H,14,15). The predicted molar refractivity (Wildman–Crippen MR) is 70.9 cm³/mol. The Hall–Kier alpha value is -0.220. The molecule has 0 aromatic heterocycles. The van der Waals surface area contributed by atoms with E-state index in [9.17, 15) is 4.79 Å². The van der Waals surface area contributed by atoms with Crippen LogP contribution in [0.3, 0.4) is 0 Å². The van der Waals surface area contributed by atoms with Gasteiger partial charge >= 0.3 is 0 Å². The van der Waals surface area contributed by atoms with Gasteiger partial charge in [-0.25, -0.2) is 0 Å². The lowest BCUT2D eigenvalue weighted by molar-refractivity contribution is -0.120. The summed E-state index contributed by atoms with van der Waals surface area (Å²) < 4.78 is 0.413. The van der Waals surface area contributed by atoms with Crippen LogP contribution in [-0.2, 0) is 4.79 Å². The summed E-state index contributed by atoms with van der Waals surface area (Å²) in [5, 5.41) is 6.24. The molecule has 3 nitrogen and oxygen atoms in total. The molecular formula is C12H24N2OS. The van der Waals surface area contributed by atoms with Gasteiger partial charge in [0, 0.05) is 17.3 Å². The first-order valence-corrected chi connectivity index (χ1v) is 7.39. The van der Waals surface area contributed by atoms with E-state index in [0.717, 1.165) is 13.0 Å². The molecule has 1 unspecified atom stereocenters. The maximum atomic E-state index is 11.5. The second-order valence-electron chi connectivity index (χ2n) is 4.72. The van der Waals surface area contributed by atoms with Crippen molar-refractivity contribution >= 4 is 17.7 Å². The number of carbonyl (C=O) groups is 1. The first-order chi connectivity index (χ1) is 7.62. The van der Waals surface area contributed by atoms with E-state index in [-0.39, 0.29) is 11.9 Å². The lowest BCUT2D eigenvalue weighted by atomic mass is 9.84. The monoisotopic (exact) mass is 244 g/mol. The number of carbonyl (C=O) groups excluding carboxylic acids is 1. The van der Waals surface area contributed by atoms with Crippen LogP contribution in [0.15, 0.2) is 0 Å². The Morgan fingerprint density at radius 2 is 2.19 bits per heavy atom. The van der Waals surface area contributed by atoms with Crippen LogP contribution in [-0.4, -0.2) is 36.0 Å². The van der Waals surface area contributed by atoms with Gasteiger partial charge in [-0.15, -0.1) is 0 Å². The van der Waals surface area contributed by atoms with E-state index in [4.69, 9.17) is 0 Å². The minimum absolute atomic E-state index is 0.116. The van der Waals surface area contributed by atoms with Crippen molar-refractivity contribution in [1.29, 1.82) is 0 Å². The third-order valence-electron chi connectivity index (χ3n) is 3.45. The fourth-order valence-electron chi connectivity index (χ4n) is 1.86. The zero-order chi connectivity index (χ0) is 12.0. The number of nitrogens with one attached hydrogen (secondary N) is 2. The molecular weight excluding hydrogens is 220 g/mol. The molecule has 16 heavy (non-hydrogen) atoms. The van der Waals surface area contributed by atoms with Gasteiger partial charge < -0.3 is 10.6 Å². The van der Waals surface area contributed by atoms with E-state index in [2.05, 4.69) is 23.8 Å². The molecule has 1 amide bonds. The molecule has 0 aromatic rings. The lowest BCUT2D eigenvalue weighted by Gasteiger charge is -2.40. The van der Waals surface area contributed by atoms with Gasteiger partial charge in [-0.1, -0.05) is 13.3 Å². The molecule has 1 aliphatic carbocycles. The molecule has 4 heteroatoms. The molecule has 0 aromatic carbocycles. The van der Waals surface area contributed by atoms with Crippen molar-refractivity contribution in [2.24, 2.45) is 0 Å². The number of amides is 1. The quantitative estimate of drug-likeness (QED) is 0.717. The first-order valence-electron chi connectivity index (χ1n) is 6.17. The summed E-state index contributed by atoms with van der Waals surface area (Å²) in [7, 11) is 0. The van der Waals surface area contributed by atoms with Crippen LogP contribution in [0.1, 0.15) is 39.5 Å². The Kier molecular flexibility index (Phi) is 5.62. The molecule has 0 bridgehead atoms. The van der Waals surface area contributed by atoms with Crippen molar-refractivity contribution in [2.45, 2.75) is 50.3 Å². The second kappa shape index (κ2) is 6.50. The summed E-state index contributed by atoms with van der Waals surface area (Å²) >= 11 is 1.93. The van der Waals surface area contributed by atoms with Crippen molar-refractivity contribution in [3.8, 4) is 0 Å². The van der Waals surface area contributed by atoms with Gasteiger partial charge in [0.2, 0.25) is 5.91 Å². The zero-order valence-electron chi connectivity index (χ0n) is 10.6. The summed E-state index contributed by atoms with van der Waals surface area (Å²) in [5.74, 6) is 0.116. The van der Waals surface area contributed by atoms with Crippen molar-refractivity contribution in [1.82, 2.24) is 10.6 Å². The van der Waals surface area contributed by atoms with Crippen LogP contribution >= 0.6 is 11.8 Å². The SMILES string of the molecule is CCC(C)NC(=O)CNCC1(SC)CCC1. The molecule has 1 rings (SSSR count). The van der Waals surface area contributed by atoms with Gasteiger partial charge in [0.15, 0.2) is 0 Å². The molecule has 1 atom stereocenters. The highest BCUT2D eigenvalue weighted by Crippen LogP contribution is 2.41. The first kappa shape index (κ1) is 13.8. The summed E-state index contributed by atoms with van der Waals surface area (Å²) in [6.07, 6.45) is 7.06. The summed E-state index contributed by atoms with van der Waals surface area (Å²) in [6.45, 7) is 5.53. The van der Waals surface area contributed by atoms with Gasteiger partial charge in [-0.2, -0.15) is 11.8 Å². The van der Waals surface area contributed by atoms with Crippen LogP contribution in [0.25, 0.3) is 0 Å². The maximum absolute atomic E-state index is 11.5. The number of thioether (sulfide) groups is 1. The smallest absolute Gasteiger partial charge is 0.234 e. The molecule has 0 radical (unpaired) electrons. The van der Waals surface area contributed by atoms with E-state index < -0.39 is 0 Å². The molecule has 1 saturated carbocycles. The van der Waals surface area contributed by atoms with Crippen molar-refractivity contribution in [3.63, 3.8) is 0 Å². The third-order valence-corrected chi connectivity index (χ3v) is 4.87. The van der Waals surface area contributed by atoms with Crippen LogP contribution < -0.4 is 10.6 Å². The van der Waals surface area contributed by atoms with Gasteiger partial charge in [0.25, 0.3) is 0 Å². The van der Waals surface area contributed by atoms with Gasteiger partial charge in [0.1, 0.15) is 0 Å². The predicted octanol–water partition coefficient (Wildman–Crippen LogP) is 1.78. The summed E-state index contributed by atoms with van der Waals surface area (Å²) in [6, 6.07) is 0.285. The van der Waals surface area contributed by atoms with Gasteiger partial charge in [-0.3, -0.25) is 4.79 Å².